The Balaban J connectivity index is 1.31. The Hall–Kier alpha value is -4.28. The lowest BCUT2D eigenvalue weighted by Gasteiger charge is -2.35. The fourth-order valence-electron chi connectivity index (χ4n) is 7.72. The Morgan fingerprint density at radius 1 is 1.20 bits per heavy atom. The van der Waals surface area contributed by atoms with E-state index in [-0.39, 0.29) is 29.3 Å². The number of nitrogens with zero attached hydrogens (tertiary/aromatic N) is 5. The van der Waals surface area contributed by atoms with E-state index in [1.54, 1.807) is 12.1 Å². The van der Waals surface area contributed by atoms with Crippen molar-refractivity contribution in [1.82, 2.24) is 20.2 Å². The first-order valence-corrected chi connectivity index (χ1v) is 15.5. The molecule has 0 spiro atoms. The largest absolute Gasteiger partial charge is 0.508 e. The van der Waals surface area contributed by atoms with Crippen LogP contribution < -0.4 is 19.7 Å². The van der Waals surface area contributed by atoms with E-state index in [0.29, 0.717) is 46.2 Å². The van der Waals surface area contributed by atoms with Crippen molar-refractivity contribution in [3.05, 3.63) is 47.0 Å². The molecule has 0 saturated carbocycles. The number of hydrogen-bond acceptors (Lipinski definition) is 9. The number of piperazine rings is 1. The SMILES string of the molecule is C#Cc1cccc2cc(O)cc(-c3cc4nc(OCC56CCCN5CC(C#N)C6)nc5c4c(c3Cl)OCC3CNCCN53)c12. The lowest BCUT2D eigenvalue weighted by Crippen LogP contribution is -2.53. The fraction of sp³-hybridized carbons (Fsp3) is 0.382. The van der Waals surface area contributed by atoms with E-state index >= 15 is 0 Å². The standard InChI is InChI=1S/C34H31ClN6O3/c1-2-21-5-3-6-22-11-24(42)12-25(28(21)22)26-13-27-29-31(30(26)35)43-18-23-16-37-8-10-41(23)32(29)39-33(38-27)44-19-34-7-4-9-40(34)17-20(14-34)15-36/h1,3,5-6,11-13,20,23,37,42H,4,7-10,14,16-19H2. The number of benzene rings is 3. The van der Waals surface area contributed by atoms with Crippen LogP contribution in [0.3, 0.4) is 0 Å². The Labute approximate surface area is 260 Å². The number of nitrogens with one attached hydrogen (secondary N) is 1. The van der Waals surface area contributed by atoms with E-state index in [2.05, 4.69) is 27.1 Å². The second-order valence-electron chi connectivity index (χ2n) is 12.3. The van der Waals surface area contributed by atoms with Crippen LogP contribution in [0.5, 0.6) is 17.5 Å². The van der Waals surface area contributed by atoms with Crippen molar-refractivity contribution in [1.29, 1.82) is 5.26 Å². The van der Waals surface area contributed by atoms with Gasteiger partial charge in [0.2, 0.25) is 0 Å². The summed E-state index contributed by atoms with van der Waals surface area (Å²) in [6, 6.07) is 13.8. The number of aromatic nitrogens is 2. The zero-order chi connectivity index (χ0) is 30.0. The number of terminal acetylenes is 1. The van der Waals surface area contributed by atoms with Crippen LogP contribution in [0.4, 0.5) is 5.82 Å². The van der Waals surface area contributed by atoms with Gasteiger partial charge in [-0.1, -0.05) is 29.7 Å². The Bertz CT molecular complexity index is 1920. The van der Waals surface area contributed by atoms with Crippen LogP contribution >= 0.6 is 11.6 Å². The third kappa shape index (κ3) is 4.22. The van der Waals surface area contributed by atoms with Crippen LogP contribution in [0.15, 0.2) is 36.4 Å². The van der Waals surface area contributed by atoms with Crippen molar-refractivity contribution in [2.75, 3.05) is 50.8 Å². The van der Waals surface area contributed by atoms with Crippen molar-refractivity contribution in [2.24, 2.45) is 5.92 Å². The first-order chi connectivity index (χ1) is 21.5. The normalized spacial score (nSPS) is 24.3. The van der Waals surface area contributed by atoms with Gasteiger partial charge in [-0.15, -0.1) is 6.42 Å². The highest BCUT2D eigenvalue weighted by atomic mass is 35.5. The second kappa shape index (κ2) is 10.4. The maximum atomic E-state index is 10.7. The van der Waals surface area contributed by atoms with E-state index in [1.807, 2.05) is 24.3 Å². The minimum atomic E-state index is -0.171. The van der Waals surface area contributed by atoms with Crippen molar-refractivity contribution in [2.45, 2.75) is 30.8 Å². The van der Waals surface area contributed by atoms with Crippen LogP contribution in [0, 0.1) is 29.6 Å². The maximum absolute atomic E-state index is 10.7. The Kier molecular flexibility index (Phi) is 6.46. The minimum absolute atomic E-state index is 0.0112. The lowest BCUT2D eigenvalue weighted by molar-refractivity contribution is 0.108. The number of nitriles is 1. The Morgan fingerprint density at radius 3 is 2.98 bits per heavy atom. The highest BCUT2D eigenvalue weighted by molar-refractivity contribution is 6.37. The molecule has 3 aromatic carbocycles. The van der Waals surface area contributed by atoms with Crippen molar-refractivity contribution in [3.8, 4) is 47.0 Å². The topological polar surface area (TPSA) is 107 Å². The summed E-state index contributed by atoms with van der Waals surface area (Å²) in [5.41, 5.74) is 2.51. The smallest absolute Gasteiger partial charge is 0.319 e. The quantitative estimate of drug-likeness (QED) is 0.319. The summed E-state index contributed by atoms with van der Waals surface area (Å²) < 4.78 is 12.9. The molecule has 0 radical (unpaired) electrons. The Morgan fingerprint density at radius 2 is 2.11 bits per heavy atom. The molecule has 1 aromatic heterocycles. The van der Waals surface area contributed by atoms with Crippen molar-refractivity contribution >= 4 is 39.1 Å². The van der Waals surface area contributed by atoms with Crippen LogP contribution in [0.25, 0.3) is 32.8 Å². The molecule has 0 aliphatic carbocycles. The number of phenolic OH excluding ortho intramolecular Hbond substituents is 1. The summed E-state index contributed by atoms with van der Waals surface area (Å²) in [4.78, 5) is 14.6. The molecule has 3 fully saturated rings. The van der Waals surface area contributed by atoms with Gasteiger partial charge in [0.15, 0.2) is 5.75 Å². The van der Waals surface area contributed by atoms with Crippen LogP contribution in [0.1, 0.15) is 24.8 Å². The van der Waals surface area contributed by atoms with Gasteiger partial charge < -0.3 is 24.8 Å². The molecule has 10 heteroatoms. The highest BCUT2D eigenvalue weighted by Gasteiger charge is 2.49. The summed E-state index contributed by atoms with van der Waals surface area (Å²) in [6.45, 7) is 4.92. The van der Waals surface area contributed by atoms with Crippen LogP contribution in [0.2, 0.25) is 5.02 Å². The van der Waals surface area contributed by atoms with E-state index in [4.69, 9.17) is 37.5 Å². The van der Waals surface area contributed by atoms with E-state index in [0.717, 1.165) is 74.0 Å². The molecule has 4 aliphatic rings. The number of rotatable bonds is 4. The molecule has 2 N–H and O–H groups in total. The molecule has 3 unspecified atom stereocenters. The predicted molar refractivity (Wildman–Crippen MR) is 169 cm³/mol. The predicted octanol–water partition coefficient (Wildman–Crippen LogP) is 4.72. The maximum Gasteiger partial charge on any atom is 0.319 e. The summed E-state index contributed by atoms with van der Waals surface area (Å²) in [5, 5.41) is 26.6. The average molecular weight is 607 g/mol. The molecule has 3 atom stereocenters. The van der Waals surface area contributed by atoms with Gasteiger partial charge in [-0.25, -0.2) is 0 Å². The van der Waals surface area contributed by atoms with E-state index in [1.165, 1.54) is 0 Å². The molecule has 44 heavy (non-hydrogen) atoms. The molecule has 222 valence electrons. The van der Waals surface area contributed by atoms with E-state index < -0.39 is 0 Å². The molecule has 0 bridgehead atoms. The fourth-order valence-corrected chi connectivity index (χ4v) is 8.03. The van der Waals surface area contributed by atoms with Gasteiger partial charge in [-0.3, -0.25) is 4.90 Å². The number of anilines is 1. The molecule has 0 amide bonds. The molecule has 3 saturated heterocycles. The number of fused-ring (bicyclic) bond motifs is 4. The first kappa shape index (κ1) is 27.3. The molecule has 9 nitrogen and oxygen atoms in total. The van der Waals surface area contributed by atoms with Crippen molar-refractivity contribution in [3.63, 3.8) is 0 Å². The van der Waals surface area contributed by atoms with E-state index in [9.17, 15) is 10.4 Å². The number of ether oxygens (including phenoxy) is 2. The van der Waals surface area contributed by atoms with Crippen LogP contribution in [-0.4, -0.2) is 77.5 Å². The monoisotopic (exact) mass is 606 g/mol. The molecule has 8 rings (SSSR count). The minimum Gasteiger partial charge on any atom is -0.508 e. The van der Waals surface area contributed by atoms with Gasteiger partial charge in [-0.2, -0.15) is 15.2 Å². The van der Waals surface area contributed by atoms with Gasteiger partial charge in [0.1, 0.15) is 24.8 Å². The zero-order valence-electron chi connectivity index (χ0n) is 24.1. The molecule has 4 aromatic rings. The van der Waals surface area contributed by atoms with Crippen LogP contribution in [-0.2, 0) is 0 Å². The second-order valence-corrected chi connectivity index (χ2v) is 12.7. The van der Waals surface area contributed by atoms with Gasteiger partial charge in [0, 0.05) is 42.7 Å². The zero-order valence-corrected chi connectivity index (χ0v) is 24.9. The third-order valence-electron chi connectivity index (χ3n) is 9.75. The number of halogens is 1. The van der Waals surface area contributed by atoms with Crippen molar-refractivity contribution < 1.29 is 14.6 Å². The summed E-state index contributed by atoms with van der Waals surface area (Å²) in [5.74, 6) is 4.16. The molecule has 5 heterocycles. The lowest BCUT2D eigenvalue weighted by atomic mass is 9.91. The molecule has 4 aliphatic heterocycles. The summed E-state index contributed by atoms with van der Waals surface area (Å²) >= 11 is 7.21. The summed E-state index contributed by atoms with van der Waals surface area (Å²) in [7, 11) is 0. The van der Waals surface area contributed by atoms with Gasteiger partial charge in [-0.05, 0) is 61.0 Å². The third-order valence-corrected chi connectivity index (χ3v) is 10.1. The average Bonchev–Trinajstić information content (AvgIpc) is 3.54. The highest BCUT2D eigenvalue weighted by Crippen LogP contribution is 2.49. The van der Waals surface area contributed by atoms with Gasteiger partial charge in [0.05, 0.1) is 39.5 Å². The first-order valence-electron chi connectivity index (χ1n) is 15.1. The number of aromatic hydroxyl groups is 1. The molecular weight excluding hydrogens is 576 g/mol. The number of hydrogen-bond donors (Lipinski definition) is 2. The van der Waals surface area contributed by atoms with Gasteiger partial charge >= 0.3 is 6.01 Å². The molecular formula is C34H31ClN6O3. The van der Waals surface area contributed by atoms with Gasteiger partial charge in [0.25, 0.3) is 0 Å². The number of phenols is 1. The summed E-state index contributed by atoms with van der Waals surface area (Å²) in [6.07, 6.45) is 8.80.